The minimum absolute atomic E-state index is 0.00164. The number of aromatic nitrogens is 3. The SMILES string of the molecule is NS(=O)(=NC(=O)Nc1c2c(nc(C(F)(F)F)c1C1CC1)CCC2)c1ccn(C2CC2)n1. The molecule has 3 N–H and O–H groups in total. The molecule has 0 saturated heterocycles. The van der Waals surface area contributed by atoms with Crippen LogP contribution in [0.2, 0.25) is 0 Å². The first-order chi connectivity index (χ1) is 14.6. The van der Waals surface area contributed by atoms with Gasteiger partial charge in [-0.15, -0.1) is 4.36 Å². The van der Waals surface area contributed by atoms with Gasteiger partial charge in [0.2, 0.25) is 0 Å². The number of nitrogens with zero attached hydrogens (tertiary/aromatic N) is 4. The number of carbonyl (C=O) groups is 1. The van der Waals surface area contributed by atoms with Crippen molar-refractivity contribution < 1.29 is 22.2 Å². The van der Waals surface area contributed by atoms with Gasteiger partial charge in [0.05, 0.1) is 11.7 Å². The molecular weight excluding hydrogens is 433 g/mol. The normalized spacial score (nSPS) is 20.3. The van der Waals surface area contributed by atoms with Crippen molar-refractivity contribution in [2.24, 2.45) is 9.50 Å². The number of fused-ring (bicyclic) bond motifs is 1. The van der Waals surface area contributed by atoms with E-state index >= 15 is 0 Å². The Morgan fingerprint density at radius 1 is 1.26 bits per heavy atom. The van der Waals surface area contributed by atoms with E-state index in [9.17, 15) is 22.2 Å². The van der Waals surface area contributed by atoms with Gasteiger partial charge in [0, 0.05) is 17.5 Å². The molecule has 3 aliphatic rings. The lowest BCUT2D eigenvalue weighted by molar-refractivity contribution is -0.141. The van der Waals surface area contributed by atoms with Gasteiger partial charge in [-0.05, 0) is 62.5 Å². The molecule has 0 aromatic carbocycles. The van der Waals surface area contributed by atoms with E-state index in [0.717, 1.165) is 12.8 Å². The third-order valence-electron chi connectivity index (χ3n) is 5.77. The summed E-state index contributed by atoms with van der Waals surface area (Å²) in [6.45, 7) is 0. The van der Waals surface area contributed by atoms with Crippen LogP contribution >= 0.6 is 0 Å². The first-order valence-electron chi connectivity index (χ1n) is 10.2. The summed E-state index contributed by atoms with van der Waals surface area (Å²) in [5, 5.41) is 12.4. The number of anilines is 1. The second kappa shape index (κ2) is 7.02. The highest BCUT2D eigenvalue weighted by Crippen LogP contribution is 2.50. The number of aryl methyl sites for hydroxylation is 1. The number of nitrogens with one attached hydrogen (secondary N) is 1. The second-order valence-corrected chi connectivity index (χ2v) is 9.99. The highest BCUT2D eigenvalue weighted by atomic mass is 32.2. The number of amides is 2. The number of hydrogen-bond donors (Lipinski definition) is 2. The summed E-state index contributed by atoms with van der Waals surface area (Å²) in [7, 11) is -3.64. The van der Waals surface area contributed by atoms with Crippen molar-refractivity contribution in [2.75, 3.05) is 5.32 Å². The molecule has 8 nitrogen and oxygen atoms in total. The molecule has 12 heteroatoms. The van der Waals surface area contributed by atoms with Gasteiger partial charge < -0.3 is 5.32 Å². The lowest BCUT2D eigenvalue weighted by Gasteiger charge is -2.19. The van der Waals surface area contributed by atoms with Crippen LogP contribution in [0, 0.1) is 0 Å². The van der Waals surface area contributed by atoms with Gasteiger partial charge in [-0.3, -0.25) is 4.68 Å². The van der Waals surface area contributed by atoms with E-state index in [1.165, 1.54) is 6.07 Å². The maximum atomic E-state index is 13.7. The fraction of sp³-hybridized carbons (Fsp3) is 0.526. The fourth-order valence-electron chi connectivity index (χ4n) is 4.04. The summed E-state index contributed by atoms with van der Waals surface area (Å²) < 4.78 is 59.2. The van der Waals surface area contributed by atoms with Gasteiger partial charge >= 0.3 is 12.2 Å². The molecule has 0 aliphatic heterocycles. The van der Waals surface area contributed by atoms with E-state index in [2.05, 4.69) is 19.8 Å². The van der Waals surface area contributed by atoms with Crippen LogP contribution in [0.1, 0.15) is 66.6 Å². The summed E-state index contributed by atoms with van der Waals surface area (Å²) in [6, 6.07) is 0.627. The topological polar surface area (TPSA) is 115 Å². The molecule has 2 fully saturated rings. The molecule has 31 heavy (non-hydrogen) atoms. The Labute approximate surface area is 176 Å². The van der Waals surface area contributed by atoms with Gasteiger partial charge in [0.1, 0.15) is 5.69 Å². The second-order valence-electron chi connectivity index (χ2n) is 8.26. The third-order valence-corrected chi connectivity index (χ3v) is 7.02. The number of rotatable bonds is 4. The van der Waals surface area contributed by atoms with Crippen LogP contribution in [-0.4, -0.2) is 25.0 Å². The molecule has 2 aromatic heterocycles. The van der Waals surface area contributed by atoms with E-state index in [0.29, 0.717) is 43.4 Å². The zero-order valence-electron chi connectivity index (χ0n) is 16.5. The predicted molar refractivity (Wildman–Crippen MR) is 106 cm³/mol. The molecule has 0 radical (unpaired) electrons. The van der Waals surface area contributed by atoms with Crippen molar-refractivity contribution >= 4 is 21.6 Å². The summed E-state index contributed by atoms with van der Waals surface area (Å²) in [4.78, 5) is 16.5. The quantitative estimate of drug-likeness (QED) is 0.728. The Morgan fingerprint density at radius 3 is 2.65 bits per heavy atom. The number of halogens is 3. The molecule has 0 spiro atoms. The van der Waals surface area contributed by atoms with Crippen LogP contribution in [-0.2, 0) is 28.9 Å². The molecule has 2 saturated carbocycles. The number of carbonyl (C=O) groups excluding carboxylic acids is 1. The van der Waals surface area contributed by atoms with E-state index < -0.39 is 27.8 Å². The highest BCUT2D eigenvalue weighted by Gasteiger charge is 2.43. The molecule has 2 heterocycles. The smallest absolute Gasteiger partial charge is 0.305 e. The van der Waals surface area contributed by atoms with Gasteiger partial charge in [0.25, 0.3) is 0 Å². The summed E-state index contributed by atoms with van der Waals surface area (Å²) in [5.41, 5.74) is 0.0780. The highest BCUT2D eigenvalue weighted by molar-refractivity contribution is 7.91. The van der Waals surface area contributed by atoms with E-state index in [4.69, 9.17) is 5.14 Å². The zero-order chi connectivity index (χ0) is 22.0. The van der Waals surface area contributed by atoms with Crippen LogP contribution in [0.25, 0.3) is 0 Å². The van der Waals surface area contributed by atoms with Crippen molar-refractivity contribution in [3.63, 3.8) is 0 Å². The van der Waals surface area contributed by atoms with Crippen LogP contribution < -0.4 is 10.5 Å². The number of urea groups is 1. The van der Waals surface area contributed by atoms with Crippen LogP contribution in [0.5, 0.6) is 0 Å². The number of alkyl halides is 3. The summed E-state index contributed by atoms with van der Waals surface area (Å²) in [5.74, 6) is -0.318. The third kappa shape index (κ3) is 3.93. The number of hydrogen-bond acceptors (Lipinski definition) is 4. The monoisotopic (exact) mass is 454 g/mol. The molecular formula is C19H21F3N6O2S. The Bertz CT molecular complexity index is 1190. The number of nitrogens with two attached hydrogens (primary N) is 1. The standard InChI is InChI=1S/C19H21F3N6O2S/c20-19(21,22)17-15(10-4-5-10)16(12-2-1-3-13(12)24-17)25-18(29)27-31(23,30)14-8-9-28(26-14)11-6-7-11/h8-11H,1-7H2,(H3,23,24,25,27,29,30). The van der Waals surface area contributed by atoms with E-state index in [1.54, 1.807) is 10.9 Å². The van der Waals surface area contributed by atoms with Crippen molar-refractivity contribution in [1.29, 1.82) is 0 Å². The Balaban J connectivity index is 1.52. The van der Waals surface area contributed by atoms with Gasteiger partial charge in [-0.25, -0.2) is 19.1 Å². The van der Waals surface area contributed by atoms with Gasteiger partial charge in [-0.1, -0.05) is 0 Å². The first kappa shape index (κ1) is 20.4. The summed E-state index contributed by atoms with van der Waals surface area (Å²) in [6.07, 6.45) is 1.68. The minimum atomic E-state index is -4.64. The molecule has 0 bridgehead atoms. The molecule has 1 atom stereocenters. The first-order valence-corrected chi connectivity index (χ1v) is 11.7. The number of pyridine rings is 1. The predicted octanol–water partition coefficient (Wildman–Crippen LogP) is 3.93. The average molecular weight is 454 g/mol. The maximum Gasteiger partial charge on any atom is 0.433 e. The lowest BCUT2D eigenvalue weighted by Crippen LogP contribution is -2.21. The van der Waals surface area contributed by atoms with Crippen molar-refractivity contribution in [3.8, 4) is 0 Å². The Hall–Kier alpha value is -2.47. The molecule has 5 rings (SSSR count). The zero-order valence-corrected chi connectivity index (χ0v) is 17.3. The van der Waals surface area contributed by atoms with E-state index in [1.807, 2.05) is 0 Å². The van der Waals surface area contributed by atoms with Crippen molar-refractivity contribution in [2.45, 2.75) is 68.1 Å². The van der Waals surface area contributed by atoms with Crippen LogP contribution in [0.3, 0.4) is 0 Å². The van der Waals surface area contributed by atoms with E-state index in [-0.39, 0.29) is 28.2 Å². The van der Waals surface area contributed by atoms with Crippen LogP contribution in [0.15, 0.2) is 21.7 Å². The maximum absolute atomic E-state index is 13.7. The molecule has 2 aromatic rings. The van der Waals surface area contributed by atoms with Crippen molar-refractivity contribution in [3.05, 3.63) is 34.8 Å². The van der Waals surface area contributed by atoms with Crippen LogP contribution in [0.4, 0.5) is 23.7 Å². The Morgan fingerprint density at radius 2 is 2.00 bits per heavy atom. The molecule has 2 amide bonds. The fourth-order valence-corrected chi connectivity index (χ4v) is 4.90. The molecule has 166 valence electrons. The Kier molecular flexibility index (Phi) is 4.63. The van der Waals surface area contributed by atoms with Gasteiger partial charge in [0.15, 0.2) is 14.9 Å². The molecule has 3 aliphatic carbocycles. The largest absolute Gasteiger partial charge is 0.433 e. The lowest BCUT2D eigenvalue weighted by atomic mass is 10.00. The summed E-state index contributed by atoms with van der Waals surface area (Å²) >= 11 is 0. The molecule has 1 unspecified atom stereocenters. The minimum Gasteiger partial charge on any atom is -0.305 e. The van der Waals surface area contributed by atoms with Crippen molar-refractivity contribution in [1.82, 2.24) is 14.8 Å². The van der Waals surface area contributed by atoms with Gasteiger partial charge in [-0.2, -0.15) is 18.3 Å². The average Bonchev–Trinajstić information content (AvgIpc) is 3.60.